The molecule has 1 aliphatic rings. The zero-order valence-electron chi connectivity index (χ0n) is 25.5. The molecule has 0 saturated heterocycles. The van der Waals surface area contributed by atoms with E-state index < -0.39 is 35.6 Å². The van der Waals surface area contributed by atoms with Crippen molar-refractivity contribution in [3.8, 4) is 0 Å². The van der Waals surface area contributed by atoms with Crippen LogP contribution in [0.2, 0.25) is 0 Å². The molecule has 4 amide bonds. The summed E-state index contributed by atoms with van der Waals surface area (Å²) in [6.45, 7) is 14.9. The van der Waals surface area contributed by atoms with Gasteiger partial charge in [-0.05, 0) is 95.0 Å². The second-order valence-electron chi connectivity index (χ2n) is 12.2. The van der Waals surface area contributed by atoms with Gasteiger partial charge in [0.1, 0.15) is 17.7 Å². The molecule has 2 aromatic rings. The Bertz CT molecular complexity index is 1280. The highest BCUT2D eigenvalue weighted by atomic mass is 16.6. The van der Waals surface area contributed by atoms with E-state index in [0.717, 1.165) is 27.8 Å². The Balaban J connectivity index is 2.11. The topological polar surface area (TPSA) is 131 Å². The number of alkyl carbamates (subject to hydrolysis) is 1. The predicted molar refractivity (Wildman–Crippen MR) is 159 cm³/mol. The van der Waals surface area contributed by atoms with Crippen LogP contribution in [0.3, 0.4) is 0 Å². The van der Waals surface area contributed by atoms with Gasteiger partial charge < -0.3 is 26.0 Å². The number of nitrogens with one attached hydrogen (secondary N) is 2. The number of aryl methyl sites for hydroxylation is 4. The van der Waals surface area contributed by atoms with Crippen LogP contribution in [-0.2, 0) is 19.1 Å². The number of nitrogens with zero attached hydrogens (tertiary/aromatic N) is 1. The smallest absolute Gasteiger partial charge is 0.408 e. The number of carbonyl (C=O) groups excluding carboxylic acids is 4. The maximum absolute atomic E-state index is 14.4. The number of amides is 4. The SMILES string of the molecule is Cc1cccc(C)c1NC(=O)C(c1c(C)cccc1C)N(C(=O)C(CCC(N)=O)NC(=O)OC(C)(C)C)C1CC1C. The Kier molecular flexibility index (Phi) is 9.84. The van der Waals surface area contributed by atoms with E-state index in [-0.39, 0.29) is 30.7 Å². The summed E-state index contributed by atoms with van der Waals surface area (Å²) in [4.78, 5) is 54.9. The number of benzene rings is 2. The highest BCUT2D eigenvalue weighted by molar-refractivity contribution is 6.00. The number of hydrogen-bond donors (Lipinski definition) is 3. The average molecular weight is 565 g/mol. The molecular weight excluding hydrogens is 520 g/mol. The van der Waals surface area contributed by atoms with Crippen LogP contribution >= 0.6 is 0 Å². The van der Waals surface area contributed by atoms with E-state index in [1.54, 1.807) is 25.7 Å². The van der Waals surface area contributed by atoms with Gasteiger partial charge in [-0.2, -0.15) is 0 Å². The van der Waals surface area contributed by atoms with Crippen LogP contribution in [0.15, 0.2) is 36.4 Å². The highest BCUT2D eigenvalue weighted by Crippen LogP contribution is 2.42. The summed E-state index contributed by atoms with van der Waals surface area (Å²) in [6.07, 6.45) is -0.224. The molecule has 4 N–H and O–H groups in total. The number of primary amides is 1. The summed E-state index contributed by atoms with van der Waals surface area (Å²) < 4.78 is 5.42. The molecule has 0 aromatic heterocycles. The van der Waals surface area contributed by atoms with E-state index in [4.69, 9.17) is 10.5 Å². The molecule has 0 heterocycles. The monoisotopic (exact) mass is 564 g/mol. The van der Waals surface area contributed by atoms with Gasteiger partial charge in [0.15, 0.2) is 0 Å². The summed E-state index contributed by atoms with van der Waals surface area (Å²) in [6, 6.07) is 9.21. The summed E-state index contributed by atoms with van der Waals surface area (Å²) in [5.74, 6) is -1.26. The van der Waals surface area contributed by atoms with Gasteiger partial charge >= 0.3 is 6.09 Å². The van der Waals surface area contributed by atoms with Gasteiger partial charge in [0.25, 0.3) is 5.91 Å². The Morgan fingerprint density at radius 1 is 0.976 bits per heavy atom. The lowest BCUT2D eigenvalue weighted by atomic mass is 9.93. The van der Waals surface area contributed by atoms with Crippen molar-refractivity contribution in [3.05, 3.63) is 64.2 Å². The number of anilines is 1. The van der Waals surface area contributed by atoms with Gasteiger partial charge in [-0.15, -0.1) is 0 Å². The minimum atomic E-state index is -1.12. The molecule has 1 saturated carbocycles. The number of carbonyl (C=O) groups is 4. The first-order chi connectivity index (χ1) is 19.1. The highest BCUT2D eigenvalue weighted by Gasteiger charge is 2.49. The van der Waals surface area contributed by atoms with Gasteiger partial charge in [-0.1, -0.05) is 43.3 Å². The Labute approximate surface area is 243 Å². The summed E-state index contributed by atoms with van der Waals surface area (Å²) in [5.41, 5.74) is 9.60. The van der Waals surface area contributed by atoms with Crippen molar-refractivity contribution < 1.29 is 23.9 Å². The van der Waals surface area contributed by atoms with Crippen LogP contribution in [0.4, 0.5) is 10.5 Å². The Hall–Kier alpha value is -3.88. The minimum Gasteiger partial charge on any atom is -0.444 e. The van der Waals surface area contributed by atoms with Crippen LogP contribution in [-0.4, -0.2) is 46.4 Å². The molecule has 1 fully saturated rings. The lowest BCUT2D eigenvalue weighted by Crippen LogP contribution is -2.53. The third-order valence-corrected chi connectivity index (χ3v) is 7.42. The van der Waals surface area contributed by atoms with Crippen molar-refractivity contribution in [1.82, 2.24) is 10.2 Å². The van der Waals surface area contributed by atoms with Crippen molar-refractivity contribution in [2.24, 2.45) is 11.7 Å². The molecular formula is C32H44N4O5. The molecule has 0 aliphatic heterocycles. The standard InChI is InChI=1S/C32H44N4O5/c1-18-11-9-12-19(2)26(18)28(29(38)35-27-20(3)13-10-14-21(27)4)36(24-17-22(24)5)30(39)23(15-16-25(33)37)34-31(40)41-32(6,7)8/h9-14,22-24,28H,15-17H2,1-8H3,(H2,33,37)(H,34,40)(H,35,38). The average Bonchev–Trinajstić information content (AvgIpc) is 3.57. The van der Waals surface area contributed by atoms with Gasteiger partial charge in [-0.25, -0.2) is 4.79 Å². The number of hydrogen-bond acceptors (Lipinski definition) is 5. The van der Waals surface area contributed by atoms with Crippen molar-refractivity contribution in [2.75, 3.05) is 5.32 Å². The van der Waals surface area contributed by atoms with E-state index >= 15 is 0 Å². The molecule has 0 spiro atoms. The first-order valence-electron chi connectivity index (χ1n) is 14.1. The quantitative estimate of drug-likeness (QED) is 0.374. The number of ether oxygens (including phenoxy) is 1. The third-order valence-electron chi connectivity index (χ3n) is 7.42. The number of para-hydroxylation sites is 1. The normalized spacial score (nSPS) is 17.7. The predicted octanol–water partition coefficient (Wildman–Crippen LogP) is 5.00. The minimum absolute atomic E-state index is 0.0248. The first kappa shape index (κ1) is 31.6. The fourth-order valence-corrected chi connectivity index (χ4v) is 5.20. The fraction of sp³-hybridized carbons (Fsp3) is 0.500. The van der Waals surface area contributed by atoms with Crippen LogP contribution in [0, 0.1) is 33.6 Å². The van der Waals surface area contributed by atoms with E-state index in [0.29, 0.717) is 12.1 Å². The molecule has 4 atom stereocenters. The second kappa shape index (κ2) is 12.7. The van der Waals surface area contributed by atoms with E-state index in [1.807, 2.05) is 71.0 Å². The van der Waals surface area contributed by atoms with Crippen LogP contribution in [0.5, 0.6) is 0 Å². The van der Waals surface area contributed by atoms with Gasteiger partial charge in [0.2, 0.25) is 11.8 Å². The lowest BCUT2D eigenvalue weighted by Gasteiger charge is -2.36. The van der Waals surface area contributed by atoms with Gasteiger partial charge in [0.05, 0.1) is 0 Å². The molecule has 1 aliphatic carbocycles. The van der Waals surface area contributed by atoms with Crippen LogP contribution < -0.4 is 16.4 Å². The van der Waals surface area contributed by atoms with Gasteiger partial charge in [0, 0.05) is 18.2 Å². The molecule has 41 heavy (non-hydrogen) atoms. The fourth-order valence-electron chi connectivity index (χ4n) is 5.20. The number of nitrogens with two attached hydrogens (primary N) is 1. The summed E-state index contributed by atoms with van der Waals surface area (Å²) in [7, 11) is 0. The lowest BCUT2D eigenvalue weighted by molar-refractivity contribution is -0.142. The van der Waals surface area contributed by atoms with E-state index in [2.05, 4.69) is 10.6 Å². The molecule has 0 radical (unpaired) electrons. The molecule has 222 valence electrons. The maximum atomic E-state index is 14.4. The molecule has 4 unspecified atom stereocenters. The Morgan fingerprint density at radius 2 is 1.49 bits per heavy atom. The summed E-state index contributed by atoms with van der Waals surface area (Å²) >= 11 is 0. The number of rotatable bonds is 10. The van der Waals surface area contributed by atoms with Crippen molar-refractivity contribution in [3.63, 3.8) is 0 Å². The van der Waals surface area contributed by atoms with Gasteiger partial charge in [-0.3, -0.25) is 14.4 Å². The third kappa shape index (κ3) is 8.08. The molecule has 0 bridgehead atoms. The van der Waals surface area contributed by atoms with Crippen molar-refractivity contribution in [2.45, 2.75) is 98.4 Å². The second-order valence-corrected chi connectivity index (χ2v) is 12.2. The molecule has 2 aromatic carbocycles. The maximum Gasteiger partial charge on any atom is 0.408 e. The van der Waals surface area contributed by atoms with Crippen molar-refractivity contribution >= 4 is 29.5 Å². The van der Waals surface area contributed by atoms with E-state index in [9.17, 15) is 19.2 Å². The van der Waals surface area contributed by atoms with Crippen LogP contribution in [0.1, 0.15) is 80.8 Å². The molecule has 3 rings (SSSR count). The van der Waals surface area contributed by atoms with Crippen LogP contribution in [0.25, 0.3) is 0 Å². The van der Waals surface area contributed by atoms with E-state index in [1.165, 1.54) is 0 Å². The Morgan fingerprint density at radius 3 is 1.95 bits per heavy atom. The summed E-state index contributed by atoms with van der Waals surface area (Å²) in [5, 5.41) is 5.76. The van der Waals surface area contributed by atoms with Crippen molar-refractivity contribution in [1.29, 1.82) is 0 Å². The largest absolute Gasteiger partial charge is 0.444 e. The zero-order chi connectivity index (χ0) is 30.6. The molecule has 9 heteroatoms. The zero-order valence-corrected chi connectivity index (χ0v) is 25.5. The molecule has 9 nitrogen and oxygen atoms in total. The first-order valence-corrected chi connectivity index (χ1v) is 14.1.